The SMILES string of the molecule is O=C(Cn1ccc2ccccc21)N1CCC(N2CCC(Oc3ccccc3F)CC2)CC1. The molecular formula is C26H30FN3O2. The van der Waals surface area contributed by atoms with E-state index in [1.165, 1.54) is 11.5 Å². The molecule has 0 spiro atoms. The minimum atomic E-state index is -0.292. The molecule has 2 aliphatic heterocycles. The van der Waals surface area contributed by atoms with Crippen molar-refractivity contribution in [3.8, 4) is 5.75 Å². The van der Waals surface area contributed by atoms with E-state index in [0.29, 0.717) is 18.3 Å². The molecule has 2 saturated heterocycles. The quantitative estimate of drug-likeness (QED) is 0.599. The Morgan fingerprint density at radius 3 is 2.41 bits per heavy atom. The average Bonchev–Trinajstić information content (AvgIpc) is 3.24. The van der Waals surface area contributed by atoms with Crippen molar-refractivity contribution in [2.45, 2.75) is 44.4 Å². The minimum absolute atomic E-state index is 0.0706. The predicted molar refractivity (Wildman–Crippen MR) is 123 cm³/mol. The topological polar surface area (TPSA) is 37.7 Å². The van der Waals surface area contributed by atoms with Gasteiger partial charge in [-0.05, 0) is 55.3 Å². The van der Waals surface area contributed by atoms with Crippen LogP contribution in [-0.4, -0.2) is 58.6 Å². The molecule has 1 aromatic heterocycles. The maximum atomic E-state index is 13.8. The summed E-state index contributed by atoms with van der Waals surface area (Å²) < 4.78 is 21.8. The largest absolute Gasteiger partial charge is 0.487 e. The van der Waals surface area contributed by atoms with Crippen molar-refractivity contribution in [3.05, 3.63) is 66.6 Å². The van der Waals surface area contributed by atoms with Gasteiger partial charge in [0.25, 0.3) is 0 Å². The van der Waals surface area contributed by atoms with E-state index in [0.717, 1.165) is 57.4 Å². The number of nitrogens with zero attached hydrogens (tertiary/aromatic N) is 3. The van der Waals surface area contributed by atoms with Gasteiger partial charge in [-0.3, -0.25) is 9.69 Å². The van der Waals surface area contributed by atoms with Crippen molar-refractivity contribution in [3.63, 3.8) is 0 Å². The number of piperidine rings is 2. The van der Waals surface area contributed by atoms with Gasteiger partial charge < -0.3 is 14.2 Å². The summed E-state index contributed by atoms with van der Waals surface area (Å²) in [5, 5.41) is 1.17. The highest BCUT2D eigenvalue weighted by Crippen LogP contribution is 2.25. The Kier molecular flexibility index (Phi) is 6.12. The third-order valence-electron chi connectivity index (χ3n) is 6.93. The second-order valence-electron chi connectivity index (χ2n) is 8.90. The summed E-state index contributed by atoms with van der Waals surface area (Å²) in [4.78, 5) is 17.4. The summed E-state index contributed by atoms with van der Waals surface area (Å²) >= 11 is 0. The van der Waals surface area contributed by atoms with Gasteiger partial charge in [-0.2, -0.15) is 0 Å². The molecule has 32 heavy (non-hydrogen) atoms. The Morgan fingerprint density at radius 2 is 1.62 bits per heavy atom. The van der Waals surface area contributed by atoms with Crippen LogP contribution < -0.4 is 4.74 Å². The molecule has 1 amide bonds. The highest BCUT2D eigenvalue weighted by Gasteiger charge is 2.30. The number of carbonyl (C=O) groups is 1. The van der Waals surface area contributed by atoms with Crippen molar-refractivity contribution in [2.24, 2.45) is 0 Å². The van der Waals surface area contributed by atoms with E-state index < -0.39 is 0 Å². The number of carbonyl (C=O) groups excluding carboxylic acids is 1. The monoisotopic (exact) mass is 435 g/mol. The van der Waals surface area contributed by atoms with Gasteiger partial charge >= 0.3 is 0 Å². The van der Waals surface area contributed by atoms with Crippen molar-refractivity contribution < 1.29 is 13.9 Å². The molecule has 0 saturated carbocycles. The van der Waals surface area contributed by atoms with Crippen LogP contribution in [0.1, 0.15) is 25.7 Å². The van der Waals surface area contributed by atoms with E-state index in [9.17, 15) is 9.18 Å². The van der Waals surface area contributed by atoms with Gasteiger partial charge in [-0.1, -0.05) is 30.3 Å². The van der Waals surface area contributed by atoms with E-state index >= 15 is 0 Å². The van der Waals surface area contributed by atoms with Crippen molar-refractivity contribution in [1.29, 1.82) is 0 Å². The summed E-state index contributed by atoms with van der Waals surface area (Å²) in [6.45, 7) is 3.96. The number of hydrogen-bond acceptors (Lipinski definition) is 3. The number of para-hydroxylation sites is 2. The molecule has 0 unspecified atom stereocenters. The summed E-state index contributed by atoms with van der Waals surface area (Å²) in [7, 11) is 0. The molecule has 0 N–H and O–H groups in total. The van der Waals surface area contributed by atoms with Crippen LogP contribution in [0.3, 0.4) is 0 Å². The van der Waals surface area contributed by atoms with Gasteiger partial charge in [0.05, 0.1) is 0 Å². The predicted octanol–water partition coefficient (Wildman–Crippen LogP) is 4.31. The molecule has 2 aromatic carbocycles. The Hall–Kier alpha value is -2.86. The van der Waals surface area contributed by atoms with Crippen molar-refractivity contribution in [1.82, 2.24) is 14.4 Å². The zero-order valence-corrected chi connectivity index (χ0v) is 18.3. The molecule has 5 nitrogen and oxygen atoms in total. The molecule has 0 radical (unpaired) electrons. The molecule has 0 atom stereocenters. The number of fused-ring (bicyclic) bond motifs is 1. The molecule has 0 bridgehead atoms. The number of benzene rings is 2. The number of aromatic nitrogens is 1. The average molecular weight is 436 g/mol. The fraction of sp³-hybridized carbons (Fsp3) is 0.423. The van der Waals surface area contributed by atoms with Crippen LogP contribution in [-0.2, 0) is 11.3 Å². The summed E-state index contributed by atoms with van der Waals surface area (Å²) in [6.07, 6.45) is 5.92. The van der Waals surface area contributed by atoms with Gasteiger partial charge in [-0.15, -0.1) is 0 Å². The first-order valence-electron chi connectivity index (χ1n) is 11.6. The van der Waals surface area contributed by atoms with Crippen LogP contribution >= 0.6 is 0 Å². The van der Waals surface area contributed by atoms with E-state index in [2.05, 4.69) is 23.1 Å². The number of halogens is 1. The summed E-state index contributed by atoms with van der Waals surface area (Å²) in [5.41, 5.74) is 1.11. The third kappa shape index (κ3) is 4.51. The van der Waals surface area contributed by atoms with Crippen molar-refractivity contribution >= 4 is 16.8 Å². The lowest BCUT2D eigenvalue weighted by atomic mass is 9.98. The molecule has 2 aliphatic rings. The minimum Gasteiger partial charge on any atom is -0.487 e. The van der Waals surface area contributed by atoms with Gasteiger partial charge in [0.1, 0.15) is 12.6 Å². The van der Waals surface area contributed by atoms with Crippen molar-refractivity contribution in [2.75, 3.05) is 26.2 Å². The second kappa shape index (κ2) is 9.33. The number of ether oxygens (including phenoxy) is 1. The molecule has 6 heteroatoms. The highest BCUT2D eigenvalue weighted by molar-refractivity contribution is 5.83. The normalized spacial score (nSPS) is 18.8. The van der Waals surface area contributed by atoms with E-state index in [1.54, 1.807) is 18.2 Å². The Morgan fingerprint density at radius 1 is 0.906 bits per heavy atom. The number of amides is 1. The Bertz CT molecular complexity index is 1070. The fourth-order valence-corrected chi connectivity index (χ4v) is 5.08. The van der Waals surface area contributed by atoms with Gasteiger partial charge in [-0.25, -0.2) is 4.39 Å². The standard InChI is InChI=1S/C26H30FN3O2/c27-23-6-2-4-8-25(23)32-22-12-17-28(18-13-22)21-10-15-29(16-11-21)26(31)19-30-14-9-20-5-1-3-7-24(20)30/h1-9,14,21-22H,10-13,15-19H2. The summed E-state index contributed by atoms with van der Waals surface area (Å²) in [5.74, 6) is 0.259. The lowest BCUT2D eigenvalue weighted by molar-refractivity contribution is -0.133. The fourth-order valence-electron chi connectivity index (χ4n) is 5.08. The molecule has 3 heterocycles. The second-order valence-corrected chi connectivity index (χ2v) is 8.90. The van der Waals surface area contributed by atoms with Crippen LogP contribution in [0.4, 0.5) is 4.39 Å². The Balaban J connectivity index is 1.09. The molecule has 3 aromatic rings. The highest BCUT2D eigenvalue weighted by atomic mass is 19.1. The zero-order chi connectivity index (χ0) is 21.9. The maximum absolute atomic E-state index is 13.8. The van der Waals surface area contributed by atoms with Gasteiger partial charge in [0, 0.05) is 43.9 Å². The lowest BCUT2D eigenvalue weighted by Crippen LogP contribution is -2.50. The molecule has 2 fully saturated rings. The first kappa shape index (κ1) is 21.0. The summed E-state index contributed by atoms with van der Waals surface area (Å²) in [6, 6.07) is 17.4. The molecular weight excluding hydrogens is 405 g/mol. The van der Waals surface area contributed by atoms with Crippen LogP contribution in [0, 0.1) is 5.82 Å². The first-order valence-corrected chi connectivity index (χ1v) is 11.6. The lowest BCUT2D eigenvalue weighted by Gasteiger charge is -2.41. The van der Waals surface area contributed by atoms with Crippen LogP contribution in [0.2, 0.25) is 0 Å². The number of hydrogen-bond donors (Lipinski definition) is 0. The van der Waals surface area contributed by atoms with E-state index in [4.69, 9.17) is 4.74 Å². The van der Waals surface area contributed by atoms with Crippen LogP contribution in [0.25, 0.3) is 10.9 Å². The first-order chi connectivity index (χ1) is 15.7. The zero-order valence-electron chi connectivity index (χ0n) is 18.3. The van der Waals surface area contributed by atoms with E-state index in [-0.39, 0.29) is 17.8 Å². The third-order valence-corrected chi connectivity index (χ3v) is 6.93. The maximum Gasteiger partial charge on any atom is 0.242 e. The van der Waals surface area contributed by atoms with Gasteiger partial charge in [0.2, 0.25) is 5.91 Å². The Labute approximate surface area is 188 Å². The van der Waals surface area contributed by atoms with Gasteiger partial charge in [0.15, 0.2) is 11.6 Å². The molecule has 168 valence electrons. The van der Waals surface area contributed by atoms with Crippen LogP contribution in [0.15, 0.2) is 60.8 Å². The molecule has 0 aliphatic carbocycles. The number of rotatable bonds is 5. The number of likely N-dealkylation sites (tertiary alicyclic amines) is 2. The smallest absolute Gasteiger partial charge is 0.242 e. The molecule has 5 rings (SSSR count). The van der Waals surface area contributed by atoms with E-state index in [1.807, 2.05) is 27.8 Å². The van der Waals surface area contributed by atoms with Crippen LogP contribution in [0.5, 0.6) is 5.75 Å².